The molecule has 2 nitrogen and oxygen atoms in total. The Labute approximate surface area is 91.1 Å². The van der Waals surface area contributed by atoms with Crippen molar-refractivity contribution in [3.05, 3.63) is 35.4 Å². The van der Waals surface area contributed by atoms with Crippen molar-refractivity contribution in [3.63, 3.8) is 0 Å². The van der Waals surface area contributed by atoms with Crippen molar-refractivity contribution >= 4 is 0 Å². The van der Waals surface area contributed by atoms with E-state index in [1.807, 2.05) is 18.2 Å². The lowest BCUT2D eigenvalue weighted by molar-refractivity contribution is -0.0775. The second-order valence-electron chi connectivity index (χ2n) is 5.11. The first-order valence-electron chi connectivity index (χ1n) is 5.52. The molecule has 82 valence electrons. The van der Waals surface area contributed by atoms with E-state index in [-0.39, 0.29) is 12.0 Å². The van der Waals surface area contributed by atoms with Crippen molar-refractivity contribution in [2.45, 2.75) is 32.3 Å². The van der Waals surface area contributed by atoms with Crippen molar-refractivity contribution < 1.29 is 5.11 Å². The van der Waals surface area contributed by atoms with Crippen molar-refractivity contribution in [3.8, 4) is 0 Å². The van der Waals surface area contributed by atoms with Crippen LogP contribution in [0.3, 0.4) is 0 Å². The second kappa shape index (κ2) is 3.32. The van der Waals surface area contributed by atoms with Crippen molar-refractivity contribution in [2.75, 3.05) is 6.54 Å². The van der Waals surface area contributed by atoms with Crippen LogP contribution in [0.1, 0.15) is 31.4 Å². The Balaban J connectivity index is 2.58. The summed E-state index contributed by atoms with van der Waals surface area (Å²) in [6.07, 6.45) is 2.02. The normalized spacial score (nSPS) is 28.5. The molecule has 0 fully saturated rings. The molecule has 0 saturated heterocycles. The molecular formula is C13H19NO. The first-order valence-corrected chi connectivity index (χ1v) is 5.52. The minimum Gasteiger partial charge on any atom is -0.383 e. The Morgan fingerprint density at radius 2 is 2.00 bits per heavy atom. The molecule has 2 heteroatoms. The topological polar surface area (TPSA) is 46.2 Å². The van der Waals surface area contributed by atoms with E-state index in [1.54, 1.807) is 0 Å². The summed E-state index contributed by atoms with van der Waals surface area (Å²) in [5.41, 5.74) is 7.02. The highest BCUT2D eigenvalue weighted by Crippen LogP contribution is 2.47. The van der Waals surface area contributed by atoms with Crippen LogP contribution in [-0.4, -0.2) is 11.7 Å². The molecule has 0 aromatic heterocycles. The van der Waals surface area contributed by atoms with Gasteiger partial charge in [-0.05, 0) is 29.4 Å². The zero-order valence-corrected chi connectivity index (χ0v) is 9.46. The van der Waals surface area contributed by atoms with Gasteiger partial charge >= 0.3 is 0 Å². The van der Waals surface area contributed by atoms with Gasteiger partial charge in [0.15, 0.2) is 0 Å². The Hall–Kier alpha value is -0.860. The SMILES string of the molecule is CC1(C)CCc2ccccc2C1(O)CN. The molecule has 1 aliphatic carbocycles. The Bertz CT molecular complexity index is 373. The summed E-state index contributed by atoms with van der Waals surface area (Å²) in [6, 6.07) is 8.09. The molecule has 2 rings (SSSR count). The number of hydrogen-bond donors (Lipinski definition) is 2. The molecule has 0 spiro atoms. The minimum atomic E-state index is -0.873. The third-order valence-electron chi connectivity index (χ3n) is 3.90. The Kier molecular flexibility index (Phi) is 2.36. The average Bonchev–Trinajstić information content (AvgIpc) is 2.24. The van der Waals surface area contributed by atoms with Gasteiger partial charge < -0.3 is 10.8 Å². The van der Waals surface area contributed by atoms with Gasteiger partial charge in [0, 0.05) is 6.54 Å². The molecule has 1 aromatic carbocycles. The molecule has 3 N–H and O–H groups in total. The van der Waals surface area contributed by atoms with E-state index < -0.39 is 5.60 Å². The van der Waals surface area contributed by atoms with Crippen LogP contribution >= 0.6 is 0 Å². The van der Waals surface area contributed by atoms with E-state index >= 15 is 0 Å². The molecular weight excluding hydrogens is 186 g/mol. The fraction of sp³-hybridized carbons (Fsp3) is 0.538. The van der Waals surface area contributed by atoms with Gasteiger partial charge in [0.25, 0.3) is 0 Å². The predicted octanol–water partition coefficient (Wildman–Crippen LogP) is 1.81. The zero-order chi connectivity index (χ0) is 11.1. The molecule has 1 unspecified atom stereocenters. The van der Waals surface area contributed by atoms with Gasteiger partial charge in [-0.1, -0.05) is 38.1 Å². The van der Waals surface area contributed by atoms with E-state index in [4.69, 9.17) is 5.73 Å². The Morgan fingerprint density at radius 1 is 1.33 bits per heavy atom. The summed E-state index contributed by atoms with van der Waals surface area (Å²) in [4.78, 5) is 0. The van der Waals surface area contributed by atoms with Crippen LogP contribution in [0.15, 0.2) is 24.3 Å². The number of fused-ring (bicyclic) bond motifs is 1. The van der Waals surface area contributed by atoms with Gasteiger partial charge in [-0.2, -0.15) is 0 Å². The summed E-state index contributed by atoms with van der Waals surface area (Å²) in [5.74, 6) is 0. The first kappa shape index (κ1) is 10.7. The summed E-state index contributed by atoms with van der Waals surface area (Å²) in [6.45, 7) is 4.47. The lowest BCUT2D eigenvalue weighted by Crippen LogP contribution is -2.50. The molecule has 0 aliphatic heterocycles. The minimum absolute atomic E-state index is 0.143. The lowest BCUT2D eigenvalue weighted by Gasteiger charge is -2.47. The molecule has 1 aromatic rings. The van der Waals surface area contributed by atoms with Crippen LogP contribution in [0, 0.1) is 5.41 Å². The smallest absolute Gasteiger partial charge is 0.107 e. The standard InChI is InChI=1S/C13H19NO/c1-12(2)8-7-10-5-3-4-6-11(10)13(12,15)9-14/h3-6,15H,7-9,14H2,1-2H3. The first-order chi connectivity index (χ1) is 7.01. The maximum absolute atomic E-state index is 10.7. The summed E-state index contributed by atoms with van der Waals surface area (Å²) in [7, 11) is 0. The molecule has 0 bridgehead atoms. The molecule has 1 atom stereocenters. The Morgan fingerprint density at radius 3 is 2.67 bits per heavy atom. The fourth-order valence-electron chi connectivity index (χ4n) is 2.55. The van der Waals surface area contributed by atoms with Gasteiger partial charge in [-0.15, -0.1) is 0 Å². The molecule has 1 aliphatic rings. The van der Waals surface area contributed by atoms with Gasteiger partial charge in [0.05, 0.1) is 0 Å². The number of aliphatic hydroxyl groups is 1. The van der Waals surface area contributed by atoms with Crippen LogP contribution in [0.5, 0.6) is 0 Å². The summed E-state index contributed by atoms with van der Waals surface area (Å²) in [5, 5.41) is 10.7. The van der Waals surface area contributed by atoms with E-state index in [2.05, 4.69) is 19.9 Å². The number of rotatable bonds is 1. The molecule has 0 heterocycles. The van der Waals surface area contributed by atoms with E-state index in [0.717, 1.165) is 18.4 Å². The third-order valence-corrected chi connectivity index (χ3v) is 3.90. The van der Waals surface area contributed by atoms with Crippen LogP contribution in [0.2, 0.25) is 0 Å². The highest BCUT2D eigenvalue weighted by Gasteiger charge is 2.47. The summed E-state index contributed by atoms with van der Waals surface area (Å²) < 4.78 is 0. The number of hydrogen-bond acceptors (Lipinski definition) is 2. The maximum atomic E-state index is 10.7. The van der Waals surface area contributed by atoms with E-state index in [0.29, 0.717) is 0 Å². The summed E-state index contributed by atoms with van der Waals surface area (Å²) >= 11 is 0. The monoisotopic (exact) mass is 205 g/mol. The van der Waals surface area contributed by atoms with Crippen molar-refractivity contribution in [2.24, 2.45) is 11.1 Å². The molecule has 0 saturated carbocycles. The number of benzene rings is 1. The van der Waals surface area contributed by atoms with Gasteiger partial charge in [0.1, 0.15) is 5.60 Å². The van der Waals surface area contributed by atoms with Crippen molar-refractivity contribution in [1.82, 2.24) is 0 Å². The van der Waals surface area contributed by atoms with Crippen LogP contribution in [0.25, 0.3) is 0 Å². The van der Waals surface area contributed by atoms with Gasteiger partial charge in [-0.3, -0.25) is 0 Å². The van der Waals surface area contributed by atoms with Gasteiger partial charge in [-0.25, -0.2) is 0 Å². The van der Waals surface area contributed by atoms with Crippen LogP contribution in [-0.2, 0) is 12.0 Å². The average molecular weight is 205 g/mol. The maximum Gasteiger partial charge on any atom is 0.107 e. The highest BCUT2D eigenvalue weighted by molar-refractivity contribution is 5.37. The number of nitrogens with two attached hydrogens (primary N) is 1. The predicted molar refractivity (Wildman–Crippen MR) is 61.5 cm³/mol. The second-order valence-corrected chi connectivity index (χ2v) is 5.11. The van der Waals surface area contributed by atoms with E-state index in [9.17, 15) is 5.11 Å². The van der Waals surface area contributed by atoms with E-state index in [1.165, 1.54) is 5.56 Å². The van der Waals surface area contributed by atoms with Crippen molar-refractivity contribution in [1.29, 1.82) is 0 Å². The highest BCUT2D eigenvalue weighted by atomic mass is 16.3. The molecule has 0 amide bonds. The van der Waals surface area contributed by atoms with Crippen LogP contribution < -0.4 is 5.73 Å². The quantitative estimate of drug-likeness (QED) is 0.734. The van der Waals surface area contributed by atoms with Crippen LogP contribution in [0.4, 0.5) is 0 Å². The molecule has 0 radical (unpaired) electrons. The molecule has 15 heavy (non-hydrogen) atoms. The largest absolute Gasteiger partial charge is 0.383 e. The third kappa shape index (κ3) is 1.40. The fourth-order valence-corrected chi connectivity index (χ4v) is 2.55. The lowest BCUT2D eigenvalue weighted by atomic mass is 9.63. The number of aryl methyl sites for hydroxylation is 1. The van der Waals surface area contributed by atoms with Gasteiger partial charge in [0.2, 0.25) is 0 Å². The zero-order valence-electron chi connectivity index (χ0n) is 9.46.